The van der Waals surface area contributed by atoms with Crippen LogP contribution in [-0.2, 0) is 4.79 Å². The zero-order chi connectivity index (χ0) is 13.1. The van der Waals surface area contributed by atoms with Crippen LogP contribution in [0.15, 0.2) is 16.7 Å². The number of anilines is 1. The summed E-state index contributed by atoms with van der Waals surface area (Å²) in [6.07, 6.45) is 4.02. The molecule has 0 radical (unpaired) electrons. The number of carbonyl (C=O) groups is 1. The zero-order valence-electron chi connectivity index (χ0n) is 9.58. The van der Waals surface area contributed by atoms with Crippen molar-refractivity contribution in [3.63, 3.8) is 0 Å². The van der Waals surface area contributed by atoms with Crippen molar-refractivity contribution in [1.29, 1.82) is 0 Å². The Balaban J connectivity index is 2.22. The number of aromatic nitrogens is 1. The summed E-state index contributed by atoms with van der Waals surface area (Å²) in [6.45, 7) is 1.43. The highest BCUT2D eigenvalue weighted by molar-refractivity contribution is 9.10. The predicted molar refractivity (Wildman–Crippen MR) is 69.6 cm³/mol. The first-order chi connectivity index (χ1) is 8.61. The molecular weight excluding hydrogens is 302 g/mol. The molecule has 1 aromatic rings. The fourth-order valence-corrected chi connectivity index (χ4v) is 2.65. The van der Waals surface area contributed by atoms with Crippen LogP contribution in [0.4, 0.5) is 11.5 Å². The van der Waals surface area contributed by atoms with Crippen molar-refractivity contribution in [2.75, 3.05) is 18.0 Å². The molecule has 1 unspecified atom stereocenters. The van der Waals surface area contributed by atoms with Gasteiger partial charge in [0.05, 0.1) is 9.40 Å². The van der Waals surface area contributed by atoms with Gasteiger partial charge in [-0.25, -0.2) is 4.98 Å². The van der Waals surface area contributed by atoms with Crippen molar-refractivity contribution in [1.82, 2.24) is 4.98 Å². The third-order valence-corrected chi connectivity index (χ3v) is 3.55. The molecule has 1 aromatic heterocycles. The summed E-state index contributed by atoms with van der Waals surface area (Å²) in [4.78, 5) is 27.1. The minimum absolute atomic E-state index is 0.0163. The molecule has 1 aliphatic rings. The predicted octanol–water partition coefficient (Wildman–Crippen LogP) is 2.17. The van der Waals surface area contributed by atoms with Crippen molar-refractivity contribution in [3.05, 3.63) is 26.9 Å². The van der Waals surface area contributed by atoms with Gasteiger partial charge in [-0.05, 0) is 28.8 Å². The third-order valence-electron chi connectivity index (χ3n) is 2.97. The fourth-order valence-electron chi connectivity index (χ4n) is 2.07. The molecule has 18 heavy (non-hydrogen) atoms. The quantitative estimate of drug-likeness (QED) is 0.485. The first-order valence-electron chi connectivity index (χ1n) is 5.62. The summed E-state index contributed by atoms with van der Waals surface area (Å²) in [5, 5.41) is 10.6. The second-order valence-corrected chi connectivity index (χ2v) is 5.09. The number of hydrogen-bond acceptors (Lipinski definition) is 5. The van der Waals surface area contributed by atoms with Crippen molar-refractivity contribution < 1.29 is 9.72 Å². The van der Waals surface area contributed by atoms with Gasteiger partial charge in [-0.2, -0.15) is 0 Å². The number of nitro groups is 1. The number of rotatable bonds is 3. The van der Waals surface area contributed by atoms with E-state index in [1.54, 1.807) is 0 Å². The van der Waals surface area contributed by atoms with Gasteiger partial charge in [0.15, 0.2) is 0 Å². The monoisotopic (exact) mass is 313 g/mol. The number of nitrogens with zero attached hydrogens (tertiary/aromatic N) is 3. The Morgan fingerprint density at radius 3 is 3.00 bits per heavy atom. The topological polar surface area (TPSA) is 76.3 Å². The molecule has 1 aliphatic heterocycles. The van der Waals surface area contributed by atoms with Gasteiger partial charge >= 0.3 is 0 Å². The average molecular weight is 314 g/mol. The second-order valence-electron chi connectivity index (χ2n) is 4.24. The zero-order valence-corrected chi connectivity index (χ0v) is 11.2. The first-order valence-corrected chi connectivity index (χ1v) is 6.41. The molecule has 2 heterocycles. The number of halogens is 1. The van der Waals surface area contributed by atoms with Crippen molar-refractivity contribution in [2.24, 2.45) is 5.92 Å². The van der Waals surface area contributed by atoms with E-state index in [0.29, 0.717) is 16.8 Å². The molecule has 1 fully saturated rings. The second kappa shape index (κ2) is 5.43. The van der Waals surface area contributed by atoms with E-state index in [0.717, 1.165) is 25.7 Å². The van der Waals surface area contributed by atoms with Gasteiger partial charge in [0, 0.05) is 25.1 Å². The van der Waals surface area contributed by atoms with Gasteiger partial charge in [-0.3, -0.25) is 10.1 Å². The maximum absolute atomic E-state index is 10.8. The number of aldehydes is 1. The fraction of sp³-hybridized carbons (Fsp3) is 0.455. The Morgan fingerprint density at radius 1 is 1.61 bits per heavy atom. The van der Waals surface area contributed by atoms with Crippen LogP contribution in [0.25, 0.3) is 0 Å². The molecule has 1 atom stereocenters. The Hall–Kier alpha value is -1.50. The van der Waals surface area contributed by atoms with Crippen LogP contribution in [0.2, 0.25) is 0 Å². The van der Waals surface area contributed by atoms with Gasteiger partial charge < -0.3 is 9.69 Å². The normalized spacial score (nSPS) is 19.6. The molecule has 0 amide bonds. The molecule has 0 aliphatic carbocycles. The molecule has 0 aromatic carbocycles. The summed E-state index contributed by atoms with van der Waals surface area (Å²) < 4.78 is 0.586. The summed E-state index contributed by atoms with van der Waals surface area (Å²) in [6, 6.07) is 1.44. The van der Waals surface area contributed by atoms with Gasteiger partial charge in [0.25, 0.3) is 5.69 Å². The Bertz CT molecular complexity index is 481. The largest absolute Gasteiger partial charge is 0.355 e. The number of piperidine rings is 1. The summed E-state index contributed by atoms with van der Waals surface area (Å²) in [5.74, 6) is 0.676. The standard InChI is InChI=1S/C11H12BrN3O3/c12-10-4-9(15(17)18)5-13-11(10)14-3-1-2-8(6-14)7-16/h4-5,7-8H,1-3,6H2. The van der Waals surface area contributed by atoms with Crippen LogP contribution in [0.1, 0.15) is 12.8 Å². The van der Waals surface area contributed by atoms with E-state index in [9.17, 15) is 14.9 Å². The van der Waals surface area contributed by atoms with Crippen molar-refractivity contribution in [2.45, 2.75) is 12.8 Å². The van der Waals surface area contributed by atoms with E-state index >= 15 is 0 Å². The first kappa shape index (κ1) is 12.9. The lowest BCUT2D eigenvalue weighted by Gasteiger charge is -2.31. The number of pyridine rings is 1. The molecule has 6 nitrogen and oxygen atoms in total. The lowest BCUT2D eigenvalue weighted by atomic mass is 10.00. The third kappa shape index (κ3) is 2.66. The molecule has 0 bridgehead atoms. The van der Waals surface area contributed by atoms with E-state index in [-0.39, 0.29) is 11.6 Å². The SMILES string of the molecule is O=CC1CCCN(c2ncc([N+](=O)[O-])cc2Br)C1. The van der Waals surface area contributed by atoms with Crippen LogP contribution in [0.3, 0.4) is 0 Å². The summed E-state index contributed by atoms with van der Waals surface area (Å²) >= 11 is 3.30. The molecule has 7 heteroatoms. The molecule has 1 saturated heterocycles. The maximum atomic E-state index is 10.8. The highest BCUT2D eigenvalue weighted by atomic mass is 79.9. The highest BCUT2D eigenvalue weighted by Gasteiger charge is 2.23. The van der Waals surface area contributed by atoms with Gasteiger partial charge in [0.1, 0.15) is 18.3 Å². The maximum Gasteiger partial charge on any atom is 0.288 e. The number of carbonyl (C=O) groups excluding carboxylic acids is 1. The van der Waals surface area contributed by atoms with E-state index in [1.165, 1.54) is 12.3 Å². The Morgan fingerprint density at radius 2 is 2.39 bits per heavy atom. The summed E-state index contributed by atoms with van der Waals surface area (Å²) in [5.41, 5.74) is -0.0467. The number of hydrogen-bond donors (Lipinski definition) is 0. The minimum atomic E-state index is -0.480. The summed E-state index contributed by atoms with van der Waals surface area (Å²) in [7, 11) is 0. The van der Waals surface area contributed by atoms with E-state index in [1.807, 2.05) is 4.90 Å². The van der Waals surface area contributed by atoms with Crippen molar-refractivity contribution >= 4 is 33.7 Å². The van der Waals surface area contributed by atoms with Crippen LogP contribution < -0.4 is 4.90 Å². The molecule has 0 spiro atoms. The smallest absolute Gasteiger partial charge is 0.288 e. The van der Waals surface area contributed by atoms with Crippen LogP contribution in [0.5, 0.6) is 0 Å². The Kier molecular flexibility index (Phi) is 3.90. The average Bonchev–Trinajstić information content (AvgIpc) is 2.38. The molecule has 0 N–H and O–H groups in total. The van der Waals surface area contributed by atoms with Crippen LogP contribution in [0, 0.1) is 16.0 Å². The van der Waals surface area contributed by atoms with Gasteiger partial charge in [-0.1, -0.05) is 0 Å². The molecule has 0 saturated carbocycles. The molecule has 96 valence electrons. The lowest BCUT2D eigenvalue weighted by Crippen LogP contribution is -2.36. The molecule has 2 rings (SSSR count). The minimum Gasteiger partial charge on any atom is -0.355 e. The highest BCUT2D eigenvalue weighted by Crippen LogP contribution is 2.30. The lowest BCUT2D eigenvalue weighted by molar-refractivity contribution is -0.385. The van der Waals surface area contributed by atoms with E-state index in [4.69, 9.17) is 0 Å². The van der Waals surface area contributed by atoms with Gasteiger partial charge in [-0.15, -0.1) is 0 Å². The van der Waals surface area contributed by atoms with Crippen molar-refractivity contribution in [3.8, 4) is 0 Å². The van der Waals surface area contributed by atoms with Crippen LogP contribution in [-0.4, -0.2) is 29.3 Å². The van der Waals surface area contributed by atoms with E-state index in [2.05, 4.69) is 20.9 Å². The van der Waals surface area contributed by atoms with E-state index < -0.39 is 4.92 Å². The Labute approximate surface area is 112 Å². The van der Waals surface area contributed by atoms with Crippen LogP contribution >= 0.6 is 15.9 Å². The van der Waals surface area contributed by atoms with Gasteiger partial charge in [0.2, 0.25) is 0 Å². The molecular formula is C11H12BrN3O3.